The molecular weight excluding hydrogens is 190 g/mol. The highest BCUT2D eigenvalue weighted by atomic mass is 16.5. The summed E-state index contributed by atoms with van der Waals surface area (Å²) in [6.45, 7) is 5.34. The normalized spacial score (nSPS) is 12.8. The monoisotopic (exact) mass is 211 g/mol. The molecule has 0 radical (unpaired) electrons. The topological polar surface area (TPSA) is 39.1 Å². The number of nitrogens with one attached hydrogen (secondary N) is 1. The third-order valence-electron chi connectivity index (χ3n) is 2.61. The molecule has 4 heteroatoms. The molecular formula is C11H21N3O. The summed E-state index contributed by atoms with van der Waals surface area (Å²) in [7, 11) is 3.64. The molecule has 15 heavy (non-hydrogen) atoms. The summed E-state index contributed by atoms with van der Waals surface area (Å²) in [5.74, 6) is 0.890. The molecule has 1 unspecified atom stereocenters. The standard InChI is InChI=1S/C11H21N3O/c1-5-12-9(2)6-7-10-11(15-4)8-13-14(10)3/h8-9,12H,5-7H2,1-4H3. The average Bonchev–Trinajstić information content (AvgIpc) is 2.57. The summed E-state index contributed by atoms with van der Waals surface area (Å²) in [4.78, 5) is 0. The van der Waals surface area contributed by atoms with E-state index in [4.69, 9.17) is 4.74 Å². The van der Waals surface area contributed by atoms with Crippen LogP contribution in [-0.2, 0) is 13.5 Å². The first kappa shape index (κ1) is 12.0. The Bertz CT molecular complexity index is 296. The molecule has 86 valence electrons. The maximum atomic E-state index is 5.25. The van der Waals surface area contributed by atoms with Crippen LogP contribution >= 0.6 is 0 Å². The minimum Gasteiger partial charge on any atom is -0.493 e. The minimum atomic E-state index is 0.537. The molecule has 1 atom stereocenters. The van der Waals surface area contributed by atoms with Gasteiger partial charge in [-0.15, -0.1) is 0 Å². The summed E-state index contributed by atoms with van der Waals surface area (Å²) in [6, 6.07) is 0.537. The lowest BCUT2D eigenvalue weighted by Crippen LogP contribution is -2.26. The van der Waals surface area contributed by atoms with Gasteiger partial charge >= 0.3 is 0 Å². The van der Waals surface area contributed by atoms with Gasteiger partial charge in [-0.2, -0.15) is 5.10 Å². The Kier molecular flexibility index (Phi) is 4.62. The van der Waals surface area contributed by atoms with E-state index in [1.807, 2.05) is 11.7 Å². The van der Waals surface area contributed by atoms with Crippen LogP contribution in [0.3, 0.4) is 0 Å². The molecule has 1 aromatic rings. The lowest BCUT2D eigenvalue weighted by atomic mass is 10.1. The van der Waals surface area contributed by atoms with Gasteiger partial charge in [-0.25, -0.2) is 0 Å². The first-order valence-electron chi connectivity index (χ1n) is 5.47. The van der Waals surface area contributed by atoms with E-state index in [2.05, 4.69) is 24.3 Å². The fraction of sp³-hybridized carbons (Fsp3) is 0.727. The number of hydrogen-bond donors (Lipinski definition) is 1. The van der Waals surface area contributed by atoms with Crippen LogP contribution in [0.1, 0.15) is 26.0 Å². The molecule has 1 N–H and O–H groups in total. The largest absolute Gasteiger partial charge is 0.493 e. The van der Waals surface area contributed by atoms with Crippen LogP contribution in [0.2, 0.25) is 0 Å². The van der Waals surface area contributed by atoms with Crippen LogP contribution in [0.25, 0.3) is 0 Å². The number of nitrogens with zero attached hydrogens (tertiary/aromatic N) is 2. The molecule has 0 spiro atoms. The van der Waals surface area contributed by atoms with Gasteiger partial charge in [0, 0.05) is 13.1 Å². The number of aryl methyl sites for hydroxylation is 1. The van der Waals surface area contributed by atoms with Gasteiger partial charge in [0.15, 0.2) is 5.75 Å². The van der Waals surface area contributed by atoms with E-state index >= 15 is 0 Å². The second kappa shape index (κ2) is 5.75. The second-order valence-electron chi connectivity index (χ2n) is 3.78. The van der Waals surface area contributed by atoms with E-state index in [1.165, 1.54) is 5.69 Å². The molecule has 4 nitrogen and oxygen atoms in total. The molecule has 0 aliphatic heterocycles. The van der Waals surface area contributed by atoms with Gasteiger partial charge in [-0.05, 0) is 26.3 Å². The van der Waals surface area contributed by atoms with Gasteiger partial charge in [0.25, 0.3) is 0 Å². The number of methoxy groups -OCH3 is 1. The van der Waals surface area contributed by atoms with Crippen molar-refractivity contribution in [3.8, 4) is 5.75 Å². The Labute approximate surface area is 91.6 Å². The molecule has 0 saturated carbocycles. The first-order chi connectivity index (χ1) is 7.19. The number of hydrogen-bond acceptors (Lipinski definition) is 3. The van der Waals surface area contributed by atoms with Crippen molar-refractivity contribution >= 4 is 0 Å². The van der Waals surface area contributed by atoms with E-state index in [0.717, 1.165) is 25.1 Å². The number of aromatic nitrogens is 2. The van der Waals surface area contributed by atoms with Gasteiger partial charge in [0.05, 0.1) is 19.0 Å². The van der Waals surface area contributed by atoms with Crippen molar-refractivity contribution in [2.75, 3.05) is 13.7 Å². The molecule has 0 aromatic carbocycles. The van der Waals surface area contributed by atoms with E-state index < -0.39 is 0 Å². The molecule has 1 heterocycles. The van der Waals surface area contributed by atoms with Gasteiger partial charge in [-0.1, -0.05) is 6.92 Å². The maximum Gasteiger partial charge on any atom is 0.159 e. The van der Waals surface area contributed by atoms with Crippen LogP contribution < -0.4 is 10.1 Å². The van der Waals surface area contributed by atoms with Crippen LogP contribution in [0.5, 0.6) is 5.75 Å². The second-order valence-corrected chi connectivity index (χ2v) is 3.78. The predicted octanol–water partition coefficient (Wildman–Crippen LogP) is 1.36. The fourth-order valence-electron chi connectivity index (χ4n) is 1.70. The Hall–Kier alpha value is -1.03. The molecule has 1 rings (SSSR count). The van der Waals surface area contributed by atoms with E-state index in [0.29, 0.717) is 6.04 Å². The molecule has 0 aliphatic carbocycles. The van der Waals surface area contributed by atoms with Crippen molar-refractivity contribution in [1.82, 2.24) is 15.1 Å². The Morgan fingerprint density at radius 1 is 1.60 bits per heavy atom. The lowest BCUT2D eigenvalue weighted by molar-refractivity contribution is 0.405. The van der Waals surface area contributed by atoms with Gasteiger partial charge in [0.1, 0.15) is 0 Å². The molecule has 0 saturated heterocycles. The summed E-state index contributed by atoms with van der Waals surface area (Å²) in [6.07, 6.45) is 3.87. The summed E-state index contributed by atoms with van der Waals surface area (Å²) in [5.41, 5.74) is 1.17. The first-order valence-corrected chi connectivity index (χ1v) is 5.47. The lowest BCUT2D eigenvalue weighted by Gasteiger charge is -2.12. The van der Waals surface area contributed by atoms with Crippen molar-refractivity contribution in [2.45, 2.75) is 32.7 Å². The highest BCUT2D eigenvalue weighted by molar-refractivity contribution is 5.24. The van der Waals surface area contributed by atoms with Gasteiger partial charge in [0.2, 0.25) is 0 Å². The van der Waals surface area contributed by atoms with Crippen molar-refractivity contribution in [2.24, 2.45) is 7.05 Å². The van der Waals surface area contributed by atoms with Crippen LogP contribution in [0.4, 0.5) is 0 Å². The van der Waals surface area contributed by atoms with Crippen molar-refractivity contribution < 1.29 is 4.74 Å². The number of ether oxygens (including phenoxy) is 1. The van der Waals surface area contributed by atoms with Crippen LogP contribution in [0, 0.1) is 0 Å². The fourth-order valence-corrected chi connectivity index (χ4v) is 1.70. The third-order valence-corrected chi connectivity index (χ3v) is 2.61. The minimum absolute atomic E-state index is 0.537. The van der Waals surface area contributed by atoms with E-state index in [1.54, 1.807) is 13.3 Å². The molecule has 0 aliphatic rings. The SMILES string of the molecule is CCNC(C)CCc1c(OC)cnn1C. The van der Waals surface area contributed by atoms with Gasteiger partial charge in [-0.3, -0.25) is 4.68 Å². The molecule has 0 bridgehead atoms. The zero-order chi connectivity index (χ0) is 11.3. The van der Waals surface area contributed by atoms with Crippen molar-refractivity contribution in [3.63, 3.8) is 0 Å². The zero-order valence-corrected chi connectivity index (χ0v) is 10.1. The molecule has 0 amide bonds. The summed E-state index contributed by atoms with van der Waals surface area (Å²) >= 11 is 0. The summed E-state index contributed by atoms with van der Waals surface area (Å²) in [5, 5.41) is 7.58. The highest BCUT2D eigenvalue weighted by Crippen LogP contribution is 2.18. The Balaban J connectivity index is 2.52. The van der Waals surface area contributed by atoms with Crippen molar-refractivity contribution in [3.05, 3.63) is 11.9 Å². The maximum absolute atomic E-state index is 5.25. The van der Waals surface area contributed by atoms with E-state index in [9.17, 15) is 0 Å². The summed E-state index contributed by atoms with van der Waals surface area (Å²) < 4.78 is 7.14. The third kappa shape index (κ3) is 3.23. The Morgan fingerprint density at radius 2 is 2.33 bits per heavy atom. The molecule has 1 aromatic heterocycles. The zero-order valence-electron chi connectivity index (χ0n) is 10.1. The smallest absolute Gasteiger partial charge is 0.159 e. The quantitative estimate of drug-likeness (QED) is 0.772. The predicted molar refractivity (Wildman–Crippen MR) is 61.2 cm³/mol. The highest BCUT2D eigenvalue weighted by Gasteiger charge is 2.10. The average molecular weight is 211 g/mol. The van der Waals surface area contributed by atoms with Crippen LogP contribution in [-0.4, -0.2) is 29.5 Å². The number of rotatable bonds is 6. The van der Waals surface area contributed by atoms with E-state index in [-0.39, 0.29) is 0 Å². The molecule has 0 fully saturated rings. The Morgan fingerprint density at radius 3 is 2.93 bits per heavy atom. The van der Waals surface area contributed by atoms with Crippen LogP contribution in [0.15, 0.2) is 6.20 Å². The van der Waals surface area contributed by atoms with Gasteiger partial charge < -0.3 is 10.1 Å². The van der Waals surface area contributed by atoms with Crippen molar-refractivity contribution in [1.29, 1.82) is 0 Å².